The number of epoxide rings is 1. The van der Waals surface area contributed by atoms with Crippen LogP contribution in [0.5, 0.6) is 0 Å². The van der Waals surface area contributed by atoms with E-state index in [1.165, 1.54) is 25.3 Å². The predicted molar refractivity (Wildman–Crippen MR) is 101 cm³/mol. The Labute approximate surface area is 162 Å². The number of fused-ring (bicyclic) bond motifs is 7. The highest BCUT2D eigenvalue weighted by atomic mass is 16.6. The van der Waals surface area contributed by atoms with Gasteiger partial charge in [0.05, 0.1) is 0 Å². The summed E-state index contributed by atoms with van der Waals surface area (Å²) in [6.07, 6.45) is 10.1. The lowest BCUT2D eigenvalue weighted by Gasteiger charge is -2.57. The molecule has 148 valence electrons. The second-order valence-electron chi connectivity index (χ2n) is 10.4. The van der Waals surface area contributed by atoms with Gasteiger partial charge in [-0.3, -0.25) is 9.59 Å². The molecule has 0 aromatic rings. The largest absolute Gasteiger partial charge is 0.462 e. The fourth-order valence-electron chi connectivity index (χ4n) is 7.76. The summed E-state index contributed by atoms with van der Waals surface area (Å²) in [4.78, 5) is 23.7. The zero-order chi connectivity index (χ0) is 19.2. The molecule has 3 saturated carbocycles. The number of Topliss-reactive ketones (excluding diaryl/α,β-unsaturated/α-hetero) is 1. The second-order valence-corrected chi connectivity index (χ2v) is 10.4. The van der Waals surface area contributed by atoms with Crippen molar-refractivity contribution in [2.75, 3.05) is 0 Å². The van der Waals surface area contributed by atoms with Crippen LogP contribution in [0.3, 0.4) is 0 Å². The first-order chi connectivity index (χ1) is 12.7. The molecule has 1 saturated heterocycles. The third-order valence-corrected chi connectivity index (χ3v) is 9.24. The van der Waals surface area contributed by atoms with E-state index in [0.29, 0.717) is 17.8 Å². The van der Waals surface area contributed by atoms with Crippen LogP contribution in [-0.4, -0.2) is 29.6 Å². The van der Waals surface area contributed by atoms with E-state index in [0.717, 1.165) is 32.1 Å². The minimum absolute atomic E-state index is 0.0562. The van der Waals surface area contributed by atoms with Gasteiger partial charge in [0, 0.05) is 18.8 Å². The molecule has 27 heavy (non-hydrogen) atoms. The summed E-state index contributed by atoms with van der Waals surface area (Å²) in [5, 5.41) is 0. The van der Waals surface area contributed by atoms with E-state index in [1.807, 2.05) is 0 Å². The monoisotopic (exact) mass is 372 g/mol. The molecule has 0 amide bonds. The fraction of sp³-hybridized carbons (Fsp3) is 0.826. The quantitative estimate of drug-likeness (QED) is 0.414. The molecule has 5 aliphatic rings. The zero-order valence-electron chi connectivity index (χ0n) is 17.0. The number of carbonyl (C=O) groups is 2. The molecule has 4 heteroatoms. The van der Waals surface area contributed by atoms with Gasteiger partial charge in [-0.25, -0.2) is 0 Å². The van der Waals surface area contributed by atoms with Crippen molar-refractivity contribution < 1.29 is 19.1 Å². The number of carbonyl (C=O) groups excluding carboxylic acids is 2. The van der Waals surface area contributed by atoms with Gasteiger partial charge in [-0.15, -0.1) is 0 Å². The normalized spacial score (nSPS) is 52.6. The Balaban J connectivity index is 1.42. The van der Waals surface area contributed by atoms with Crippen LogP contribution in [0.4, 0.5) is 0 Å². The van der Waals surface area contributed by atoms with Crippen LogP contribution in [0.25, 0.3) is 0 Å². The number of esters is 1. The summed E-state index contributed by atoms with van der Waals surface area (Å²) in [7, 11) is 0. The molecule has 5 rings (SSSR count). The molecule has 0 radical (unpaired) electrons. The summed E-state index contributed by atoms with van der Waals surface area (Å²) < 4.78 is 11.6. The Bertz CT molecular complexity index is 741. The van der Waals surface area contributed by atoms with E-state index in [-0.39, 0.29) is 34.8 Å². The first-order valence-corrected chi connectivity index (χ1v) is 10.8. The average molecular weight is 373 g/mol. The Kier molecular flexibility index (Phi) is 3.62. The third-order valence-electron chi connectivity index (χ3n) is 9.24. The molecular formula is C23H32O4. The number of hydrogen-bond donors (Lipinski definition) is 0. The van der Waals surface area contributed by atoms with Gasteiger partial charge >= 0.3 is 5.97 Å². The van der Waals surface area contributed by atoms with Crippen LogP contribution < -0.4 is 0 Å². The van der Waals surface area contributed by atoms with Crippen LogP contribution in [0.1, 0.15) is 72.6 Å². The van der Waals surface area contributed by atoms with Gasteiger partial charge < -0.3 is 9.47 Å². The molecule has 8 atom stereocenters. The molecule has 0 aromatic heterocycles. The van der Waals surface area contributed by atoms with Crippen LogP contribution >= 0.6 is 0 Å². The number of allylic oxidation sites excluding steroid dienone is 1. The van der Waals surface area contributed by atoms with Gasteiger partial charge in [0.1, 0.15) is 12.2 Å². The summed E-state index contributed by atoms with van der Waals surface area (Å²) in [5.74, 6) is 2.02. The Hall–Kier alpha value is -1.16. The SMILES string of the molecule is CC(=O)O[C@H]1CC[C@@]2(C)C(=CC[C@@H]3[C@H]4C[C@]5(C(C)=O)O[C@@H]5[C@@]4(C)CC[C@H]32)C1. The molecule has 4 fully saturated rings. The Morgan fingerprint density at radius 1 is 1.15 bits per heavy atom. The zero-order valence-corrected chi connectivity index (χ0v) is 17.0. The first kappa shape index (κ1) is 17.9. The molecular weight excluding hydrogens is 340 g/mol. The van der Waals surface area contributed by atoms with Crippen molar-refractivity contribution in [2.24, 2.45) is 28.6 Å². The first-order valence-electron chi connectivity index (χ1n) is 10.8. The van der Waals surface area contributed by atoms with Crippen molar-refractivity contribution in [2.45, 2.75) is 90.4 Å². The van der Waals surface area contributed by atoms with Gasteiger partial charge in [0.25, 0.3) is 0 Å². The molecule has 0 unspecified atom stereocenters. The topological polar surface area (TPSA) is 55.9 Å². The summed E-state index contributed by atoms with van der Waals surface area (Å²) in [6, 6.07) is 0. The van der Waals surface area contributed by atoms with Crippen molar-refractivity contribution in [3.05, 3.63) is 11.6 Å². The number of ketones is 1. The van der Waals surface area contributed by atoms with E-state index in [2.05, 4.69) is 19.9 Å². The molecule has 0 N–H and O–H groups in total. The Morgan fingerprint density at radius 3 is 2.63 bits per heavy atom. The highest BCUT2D eigenvalue weighted by molar-refractivity contribution is 5.89. The maximum Gasteiger partial charge on any atom is 0.302 e. The van der Waals surface area contributed by atoms with Gasteiger partial charge in [-0.1, -0.05) is 25.5 Å². The van der Waals surface area contributed by atoms with Crippen LogP contribution in [0, 0.1) is 28.6 Å². The molecule has 0 spiro atoms. The van der Waals surface area contributed by atoms with Crippen molar-refractivity contribution in [1.82, 2.24) is 0 Å². The highest BCUT2D eigenvalue weighted by Crippen LogP contribution is 2.72. The van der Waals surface area contributed by atoms with Crippen molar-refractivity contribution in [1.29, 1.82) is 0 Å². The lowest BCUT2D eigenvalue weighted by Crippen LogP contribution is -2.51. The molecule has 4 nitrogen and oxygen atoms in total. The molecule has 0 aromatic carbocycles. The average Bonchev–Trinajstić information content (AvgIpc) is 3.28. The van der Waals surface area contributed by atoms with E-state index in [1.54, 1.807) is 6.92 Å². The van der Waals surface area contributed by atoms with Crippen LogP contribution in [0.15, 0.2) is 11.6 Å². The van der Waals surface area contributed by atoms with Crippen molar-refractivity contribution in [3.8, 4) is 0 Å². The van der Waals surface area contributed by atoms with Gasteiger partial charge in [-0.2, -0.15) is 0 Å². The maximum atomic E-state index is 12.3. The molecule has 1 heterocycles. The van der Waals surface area contributed by atoms with Gasteiger partial charge in [0.2, 0.25) is 0 Å². The summed E-state index contributed by atoms with van der Waals surface area (Å²) >= 11 is 0. The maximum absolute atomic E-state index is 12.3. The number of rotatable bonds is 2. The van der Waals surface area contributed by atoms with Crippen molar-refractivity contribution in [3.63, 3.8) is 0 Å². The van der Waals surface area contributed by atoms with E-state index in [4.69, 9.17) is 9.47 Å². The lowest BCUT2D eigenvalue weighted by atomic mass is 9.48. The smallest absolute Gasteiger partial charge is 0.302 e. The number of hydrogen-bond acceptors (Lipinski definition) is 4. The van der Waals surface area contributed by atoms with Gasteiger partial charge in [-0.05, 0) is 68.6 Å². The van der Waals surface area contributed by atoms with Crippen molar-refractivity contribution >= 4 is 11.8 Å². The number of ether oxygens (including phenoxy) is 2. The van der Waals surface area contributed by atoms with Gasteiger partial charge in [0.15, 0.2) is 11.4 Å². The fourth-order valence-corrected chi connectivity index (χ4v) is 7.76. The minimum Gasteiger partial charge on any atom is -0.462 e. The van der Waals surface area contributed by atoms with Crippen LogP contribution in [-0.2, 0) is 19.1 Å². The standard InChI is InChI=1S/C23H32O4/c1-13(24)23-12-19-17-6-5-15-11-16(26-14(2)25)7-9-21(15,3)18(17)8-10-22(19,4)20(23)27-23/h5,16-20H,6-12H2,1-4H3/t16-,17-,18+,19+,20+,21-,22-,23+/m0/s1. The molecule has 4 aliphatic carbocycles. The van der Waals surface area contributed by atoms with E-state index >= 15 is 0 Å². The molecule has 0 bridgehead atoms. The highest BCUT2D eigenvalue weighted by Gasteiger charge is 2.77. The Morgan fingerprint density at radius 2 is 1.93 bits per heavy atom. The third kappa shape index (κ3) is 2.25. The van der Waals surface area contributed by atoms with E-state index < -0.39 is 5.60 Å². The minimum atomic E-state index is -0.452. The summed E-state index contributed by atoms with van der Waals surface area (Å²) in [5.41, 5.74) is 1.47. The second kappa shape index (κ2) is 5.46. The van der Waals surface area contributed by atoms with E-state index in [9.17, 15) is 9.59 Å². The van der Waals surface area contributed by atoms with Crippen LogP contribution in [0.2, 0.25) is 0 Å². The summed E-state index contributed by atoms with van der Waals surface area (Å²) in [6.45, 7) is 8.07. The molecule has 1 aliphatic heterocycles. The lowest BCUT2D eigenvalue weighted by molar-refractivity contribution is -0.148. The predicted octanol–water partition coefficient (Wildman–Crippen LogP) is 4.22.